The molecule has 0 spiro atoms. The number of fused-ring (bicyclic) bond motifs is 2. The predicted molar refractivity (Wildman–Crippen MR) is 153 cm³/mol. The Morgan fingerprint density at radius 1 is 0.794 bits per heavy atom. The zero-order valence-electron chi connectivity index (χ0n) is 21.0. The van der Waals surface area contributed by atoms with Crippen molar-refractivity contribution in [1.82, 2.24) is 0 Å². The molecule has 0 N–H and O–H groups in total. The molecule has 0 saturated carbocycles. The molecule has 2 aromatic carbocycles. The molecular formula is C30H37Cl2SiZr. The summed E-state index contributed by atoms with van der Waals surface area (Å²) in [6, 6.07) is 13.5. The van der Waals surface area contributed by atoms with Crippen LogP contribution in [-0.2, 0) is 28.4 Å². The first-order valence-electron chi connectivity index (χ1n) is 12.7. The van der Waals surface area contributed by atoms with E-state index < -0.39 is 21.5 Å². The molecule has 4 heteroatoms. The molecule has 0 nitrogen and oxygen atoms in total. The van der Waals surface area contributed by atoms with Crippen molar-refractivity contribution in [1.29, 1.82) is 0 Å². The fourth-order valence-corrected chi connectivity index (χ4v) is 38.3. The molecule has 2 atom stereocenters. The second-order valence-corrected chi connectivity index (χ2v) is 52.7. The molecule has 0 bridgehead atoms. The molecule has 2 aliphatic rings. The van der Waals surface area contributed by atoms with Crippen LogP contribution in [0.2, 0.25) is 13.1 Å². The van der Waals surface area contributed by atoms with Gasteiger partial charge in [-0.25, -0.2) is 0 Å². The summed E-state index contributed by atoms with van der Waals surface area (Å²) in [4.78, 5) is 0. The maximum atomic E-state index is 8.32. The third kappa shape index (κ3) is 3.88. The maximum absolute atomic E-state index is 8.32. The van der Waals surface area contributed by atoms with Gasteiger partial charge >= 0.3 is 217 Å². The van der Waals surface area contributed by atoms with Gasteiger partial charge in [0.15, 0.2) is 0 Å². The Balaban J connectivity index is 2.01. The molecule has 0 fully saturated rings. The topological polar surface area (TPSA) is 0 Å². The molecule has 0 heterocycles. The van der Waals surface area contributed by atoms with E-state index in [0.29, 0.717) is 0 Å². The van der Waals surface area contributed by atoms with E-state index in [-0.39, 0.29) is 7.25 Å². The first-order chi connectivity index (χ1) is 16.2. The number of hydrogen-bond acceptors (Lipinski definition) is 0. The second kappa shape index (κ2) is 9.85. The molecule has 2 aromatic rings. The van der Waals surface area contributed by atoms with Crippen molar-refractivity contribution in [2.75, 3.05) is 0 Å². The zero-order chi connectivity index (χ0) is 24.7. The Kier molecular flexibility index (Phi) is 7.58. The van der Waals surface area contributed by atoms with Gasteiger partial charge in [0.2, 0.25) is 0 Å². The normalized spacial score (nSPS) is 20.3. The third-order valence-electron chi connectivity index (χ3n) is 8.23. The first kappa shape index (κ1) is 26.2. The number of allylic oxidation sites excluding steroid dienone is 4. The van der Waals surface area contributed by atoms with Crippen molar-refractivity contribution < 1.29 is 15.6 Å². The van der Waals surface area contributed by atoms with E-state index in [9.17, 15) is 0 Å². The molecule has 0 amide bonds. The zero-order valence-corrected chi connectivity index (χ0v) is 26.1. The van der Waals surface area contributed by atoms with Crippen LogP contribution in [0.15, 0.2) is 72.9 Å². The minimum atomic E-state index is -4.56. The Hall–Kier alpha value is -0.920. The Labute approximate surface area is 215 Å². The fourth-order valence-electron chi connectivity index (χ4n) is 6.47. The van der Waals surface area contributed by atoms with E-state index in [2.05, 4.69) is 88.6 Å². The van der Waals surface area contributed by atoms with Crippen LogP contribution in [0, 0.1) is 0 Å². The third-order valence-corrected chi connectivity index (χ3v) is 60.1. The van der Waals surface area contributed by atoms with E-state index in [0.717, 1.165) is 25.7 Å². The molecule has 0 aromatic heterocycles. The summed E-state index contributed by atoms with van der Waals surface area (Å²) in [6.07, 6.45) is 12.6. The molecular weight excluding hydrogens is 551 g/mol. The number of hydrogen-bond donors (Lipinski definition) is 0. The molecule has 2 aliphatic carbocycles. The fraction of sp³-hybridized carbons (Fsp3) is 0.333. The van der Waals surface area contributed by atoms with Crippen molar-refractivity contribution in [2.24, 2.45) is 0 Å². The van der Waals surface area contributed by atoms with Gasteiger partial charge < -0.3 is 0 Å². The van der Waals surface area contributed by atoms with Gasteiger partial charge in [0, 0.05) is 0 Å². The second-order valence-electron chi connectivity index (χ2n) is 10.2. The summed E-state index contributed by atoms with van der Waals surface area (Å²) >= 11 is -4.56. The summed E-state index contributed by atoms with van der Waals surface area (Å²) in [5.74, 6) is -1.49. The van der Waals surface area contributed by atoms with Gasteiger partial charge in [-0.1, -0.05) is 0 Å². The van der Waals surface area contributed by atoms with E-state index in [1.807, 2.05) is 12.2 Å². The van der Waals surface area contributed by atoms with E-state index in [4.69, 9.17) is 17.0 Å². The van der Waals surface area contributed by atoms with Crippen LogP contribution in [0.1, 0.15) is 67.3 Å². The van der Waals surface area contributed by atoms with Crippen molar-refractivity contribution in [3.8, 4) is 0 Å². The van der Waals surface area contributed by atoms with Gasteiger partial charge in [-0.2, -0.15) is 0 Å². The predicted octanol–water partition coefficient (Wildman–Crippen LogP) is 9.52. The Bertz CT molecular complexity index is 1120. The SMILES string of the molecule is C=CCc1cccc2c1C=C(CC)[CH]2[Zr]([Cl])([Cl])([CH]1C(CC)=Cc2c(CC=C)cccc21)[SiH](C)C. The molecule has 0 aliphatic heterocycles. The summed E-state index contributed by atoms with van der Waals surface area (Å²) in [5, 5.41) is 0. The van der Waals surface area contributed by atoms with Gasteiger partial charge in [0.05, 0.1) is 0 Å². The average molecular weight is 588 g/mol. The van der Waals surface area contributed by atoms with Gasteiger partial charge in [-0.15, -0.1) is 0 Å². The number of halogens is 2. The van der Waals surface area contributed by atoms with Gasteiger partial charge in [0.1, 0.15) is 0 Å². The average Bonchev–Trinajstić information content (AvgIpc) is 3.40. The van der Waals surface area contributed by atoms with Gasteiger partial charge in [0.25, 0.3) is 0 Å². The monoisotopic (exact) mass is 585 g/mol. The van der Waals surface area contributed by atoms with Crippen molar-refractivity contribution in [2.45, 2.75) is 59.9 Å². The summed E-state index contributed by atoms with van der Waals surface area (Å²) in [7, 11) is 16.6. The summed E-state index contributed by atoms with van der Waals surface area (Å²) in [5.41, 5.74) is 11.0. The van der Waals surface area contributed by atoms with Crippen LogP contribution < -0.4 is 0 Å². The summed E-state index contributed by atoms with van der Waals surface area (Å²) < 4.78 is 0.352. The van der Waals surface area contributed by atoms with Crippen LogP contribution in [0.5, 0.6) is 0 Å². The molecule has 179 valence electrons. The number of benzene rings is 2. The number of rotatable bonds is 9. The van der Waals surface area contributed by atoms with Crippen molar-refractivity contribution in [3.63, 3.8) is 0 Å². The molecule has 4 rings (SSSR count). The van der Waals surface area contributed by atoms with Crippen LogP contribution in [0.3, 0.4) is 0 Å². The Morgan fingerprint density at radius 2 is 1.21 bits per heavy atom. The minimum absolute atomic E-state index is 0.176. The van der Waals surface area contributed by atoms with E-state index in [1.165, 1.54) is 44.5 Å². The first-order valence-corrected chi connectivity index (χ1v) is 29.0. The van der Waals surface area contributed by atoms with Crippen molar-refractivity contribution >= 4 is 35.1 Å². The standard InChI is InChI=1S/2C14H15.C2H7Si.2ClH.Zr/c2*1-3-6-12-7-5-8-13-9-11(4-2)10-14(12)13;1-3-2;;;/h2*3,5,7-10H,1,4,6H2,2H3;3H,1-2H3;2*1H;/q;;;;;+2/p-2. The van der Waals surface area contributed by atoms with Crippen LogP contribution >= 0.6 is 17.0 Å². The van der Waals surface area contributed by atoms with Gasteiger partial charge in [-0.05, 0) is 0 Å². The quantitative estimate of drug-likeness (QED) is 0.202. The van der Waals surface area contributed by atoms with E-state index >= 15 is 0 Å². The van der Waals surface area contributed by atoms with Gasteiger partial charge in [-0.3, -0.25) is 0 Å². The van der Waals surface area contributed by atoms with Crippen LogP contribution in [0.25, 0.3) is 12.2 Å². The molecule has 34 heavy (non-hydrogen) atoms. The van der Waals surface area contributed by atoms with Crippen molar-refractivity contribution in [3.05, 3.63) is 106 Å². The summed E-state index contributed by atoms with van der Waals surface area (Å²) in [6.45, 7) is 17.4. The van der Waals surface area contributed by atoms with Crippen LogP contribution in [0.4, 0.5) is 0 Å². The molecule has 0 radical (unpaired) electrons. The molecule has 0 saturated heterocycles. The molecule has 2 unspecified atom stereocenters. The van der Waals surface area contributed by atoms with Crippen LogP contribution in [-0.4, -0.2) is 5.92 Å². The van der Waals surface area contributed by atoms with E-state index in [1.54, 1.807) is 0 Å². The Morgan fingerprint density at radius 3 is 1.53 bits per heavy atom.